The molecule has 0 unspecified atom stereocenters. The Balaban J connectivity index is 2.65. The van der Waals surface area contributed by atoms with Crippen molar-refractivity contribution >= 4 is 33.5 Å². The lowest BCUT2D eigenvalue weighted by Crippen LogP contribution is -2.04. The summed E-state index contributed by atoms with van der Waals surface area (Å²) >= 11 is 5.91. The van der Waals surface area contributed by atoms with Crippen LogP contribution in [0.15, 0.2) is 23.0 Å². The molecule has 0 aliphatic carbocycles. The van der Waals surface area contributed by atoms with Crippen molar-refractivity contribution in [2.75, 3.05) is 0 Å². The SMILES string of the molecule is Cc1nn(C)c2[nH]c3ccc(Cl)cc3c(=O)c12. The number of fused-ring (bicyclic) bond motifs is 2. The van der Waals surface area contributed by atoms with E-state index in [0.717, 1.165) is 16.9 Å². The van der Waals surface area contributed by atoms with E-state index < -0.39 is 0 Å². The molecule has 0 spiro atoms. The standard InChI is InChI=1S/C12H10ClN3O/c1-6-10-11(17)8-5-7(13)3-4-9(8)14-12(10)16(2)15-6/h3-5H,1-2H3,(H,14,17). The number of aryl methyl sites for hydroxylation is 2. The van der Waals surface area contributed by atoms with E-state index in [9.17, 15) is 4.79 Å². The fourth-order valence-corrected chi connectivity index (χ4v) is 2.32. The average molecular weight is 248 g/mol. The molecule has 0 amide bonds. The molecule has 5 heteroatoms. The number of rotatable bonds is 0. The van der Waals surface area contributed by atoms with Crippen LogP contribution in [0, 0.1) is 6.92 Å². The predicted molar refractivity (Wildman–Crippen MR) is 68.6 cm³/mol. The van der Waals surface area contributed by atoms with Gasteiger partial charge in [0.05, 0.1) is 16.6 Å². The van der Waals surface area contributed by atoms with Crippen molar-refractivity contribution in [3.63, 3.8) is 0 Å². The molecule has 0 atom stereocenters. The first kappa shape index (κ1) is 10.4. The minimum atomic E-state index is -0.0261. The van der Waals surface area contributed by atoms with Gasteiger partial charge in [0.1, 0.15) is 5.65 Å². The second-order valence-electron chi connectivity index (χ2n) is 4.08. The number of benzene rings is 1. The Labute approximate surface area is 102 Å². The van der Waals surface area contributed by atoms with Crippen molar-refractivity contribution < 1.29 is 0 Å². The fourth-order valence-electron chi connectivity index (χ4n) is 2.15. The fraction of sp³-hybridized carbons (Fsp3) is 0.167. The summed E-state index contributed by atoms with van der Waals surface area (Å²) in [7, 11) is 1.81. The van der Waals surface area contributed by atoms with Gasteiger partial charge in [-0.1, -0.05) is 11.6 Å². The van der Waals surface area contributed by atoms with E-state index in [1.165, 1.54) is 0 Å². The second kappa shape index (κ2) is 3.34. The van der Waals surface area contributed by atoms with Crippen molar-refractivity contribution in [2.45, 2.75) is 6.92 Å². The number of nitrogens with one attached hydrogen (secondary N) is 1. The molecule has 0 radical (unpaired) electrons. The highest BCUT2D eigenvalue weighted by atomic mass is 35.5. The van der Waals surface area contributed by atoms with Crippen LogP contribution in [-0.4, -0.2) is 14.8 Å². The van der Waals surface area contributed by atoms with Crippen LogP contribution in [0.2, 0.25) is 5.02 Å². The van der Waals surface area contributed by atoms with Crippen LogP contribution in [0.5, 0.6) is 0 Å². The van der Waals surface area contributed by atoms with Gasteiger partial charge in [0.2, 0.25) is 5.43 Å². The second-order valence-corrected chi connectivity index (χ2v) is 4.51. The summed E-state index contributed by atoms with van der Waals surface area (Å²) in [6.07, 6.45) is 0. The molecule has 0 saturated heterocycles. The summed E-state index contributed by atoms with van der Waals surface area (Å²) in [6.45, 7) is 1.83. The highest BCUT2D eigenvalue weighted by molar-refractivity contribution is 6.31. The molecule has 0 bridgehead atoms. The lowest BCUT2D eigenvalue weighted by atomic mass is 10.1. The van der Waals surface area contributed by atoms with Gasteiger partial charge in [-0.05, 0) is 25.1 Å². The molecule has 17 heavy (non-hydrogen) atoms. The van der Waals surface area contributed by atoms with Crippen molar-refractivity contribution in [3.05, 3.63) is 39.1 Å². The minimum Gasteiger partial charge on any atom is -0.339 e. The first-order chi connectivity index (χ1) is 8.08. The van der Waals surface area contributed by atoms with Gasteiger partial charge in [-0.25, -0.2) is 0 Å². The monoisotopic (exact) mass is 247 g/mol. The van der Waals surface area contributed by atoms with Gasteiger partial charge in [-0.15, -0.1) is 0 Å². The highest BCUT2D eigenvalue weighted by Crippen LogP contribution is 2.19. The van der Waals surface area contributed by atoms with E-state index in [-0.39, 0.29) is 5.43 Å². The van der Waals surface area contributed by atoms with Crippen molar-refractivity contribution in [1.82, 2.24) is 14.8 Å². The van der Waals surface area contributed by atoms with E-state index in [2.05, 4.69) is 10.1 Å². The Kier molecular flexibility index (Phi) is 2.03. The van der Waals surface area contributed by atoms with Crippen LogP contribution in [0.1, 0.15) is 5.69 Å². The molecule has 3 aromatic rings. The largest absolute Gasteiger partial charge is 0.339 e. The van der Waals surface area contributed by atoms with E-state index in [4.69, 9.17) is 11.6 Å². The topological polar surface area (TPSA) is 50.7 Å². The highest BCUT2D eigenvalue weighted by Gasteiger charge is 2.12. The third kappa shape index (κ3) is 1.37. The molecule has 0 saturated carbocycles. The van der Waals surface area contributed by atoms with Crippen molar-refractivity contribution in [1.29, 1.82) is 0 Å². The predicted octanol–water partition coefficient (Wildman–Crippen LogP) is 2.38. The third-order valence-electron chi connectivity index (χ3n) is 2.93. The maximum Gasteiger partial charge on any atom is 0.200 e. The number of nitrogens with zero attached hydrogens (tertiary/aromatic N) is 2. The van der Waals surface area contributed by atoms with Gasteiger partial charge in [0.25, 0.3) is 0 Å². The molecule has 0 aliphatic rings. The van der Waals surface area contributed by atoms with E-state index in [0.29, 0.717) is 15.8 Å². The molecule has 3 rings (SSSR count). The minimum absolute atomic E-state index is 0.0261. The molecule has 0 aliphatic heterocycles. The summed E-state index contributed by atoms with van der Waals surface area (Å²) in [6, 6.07) is 5.25. The molecule has 2 aromatic heterocycles. The summed E-state index contributed by atoms with van der Waals surface area (Å²) in [5.41, 5.74) is 2.21. The number of hydrogen-bond donors (Lipinski definition) is 1. The zero-order valence-electron chi connectivity index (χ0n) is 9.41. The van der Waals surface area contributed by atoms with Gasteiger partial charge in [0.15, 0.2) is 0 Å². The number of aromatic amines is 1. The molecule has 2 heterocycles. The normalized spacial score (nSPS) is 11.5. The smallest absolute Gasteiger partial charge is 0.200 e. The van der Waals surface area contributed by atoms with Crippen LogP contribution in [0.4, 0.5) is 0 Å². The van der Waals surface area contributed by atoms with E-state index >= 15 is 0 Å². The summed E-state index contributed by atoms with van der Waals surface area (Å²) < 4.78 is 1.68. The van der Waals surface area contributed by atoms with E-state index in [1.54, 1.807) is 22.9 Å². The Hall–Kier alpha value is -1.81. The summed E-state index contributed by atoms with van der Waals surface area (Å²) in [4.78, 5) is 15.6. The molecular formula is C12H10ClN3O. The molecule has 1 N–H and O–H groups in total. The zero-order chi connectivity index (χ0) is 12.2. The van der Waals surface area contributed by atoms with Gasteiger partial charge < -0.3 is 4.98 Å². The average Bonchev–Trinajstić information content (AvgIpc) is 2.56. The number of aromatic nitrogens is 3. The molecule has 4 nitrogen and oxygen atoms in total. The molecule has 86 valence electrons. The van der Waals surface area contributed by atoms with Crippen LogP contribution in [0.25, 0.3) is 21.9 Å². The van der Waals surface area contributed by atoms with Gasteiger partial charge in [0, 0.05) is 17.5 Å². The Bertz CT molecular complexity index is 801. The zero-order valence-corrected chi connectivity index (χ0v) is 10.2. The number of hydrogen-bond acceptors (Lipinski definition) is 2. The Morgan fingerprint density at radius 2 is 2.18 bits per heavy atom. The maximum atomic E-state index is 12.3. The molecular weight excluding hydrogens is 238 g/mol. The van der Waals surface area contributed by atoms with Crippen LogP contribution in [-0.2, 0) is 7.05 Å². The van der Waals surface area contributed by atoms with E-state index in [1.807, 2.05) is 14.0 Å². The van der Waals surface area contributed by atoms with Crippen LogP contribution >= 0.6 is 11.6 Å². The van der Waals surface area contributed by atoms with Crippen LogP contribution < -0.4 is 5.43 Å². The number of halogens is 1. The van der Waals surface area contributed by atoms with Gasteiger partial charge in [-0.2, -0.15) is 5.10 Å². The van der Waals surface area contributed by atoms with Gasteiger partial charge in [-0.3, -0.25) is 9.48 Å². The van der Waals surface area contributed by atoms with Gasteiger partial charge >= 0.3 is 0 Å². The molecule has 0 fully saturated rings. The summed E-state index contributed by atoms with van der Waals surface area (Å²) in [5, 5.41) is 6.03. The Morgan fingerprint density at radius 3 is 2.94 bits per heavy atom. The first-order valence-corrected chi connectivity index (χ1v) is 5.60. The molecule has 1 aromatic carbocycles. The Morgan fingerprint density at radius 1 is 1.41 bits per heavy atom. The maximum absolute atomic E-state index is 12.3. The number of pyridine rings is 1. The summed E-state index contributed by atoms with van der Waals surface area (Å²) in [5.74, 6) is 0. The number of H-pyrrole nitrogens is 1. The quantitative estimate of drug-likeness (QED) is 0.663. The lowest BCUT2D eigenvalue weighted by Gasteiger charge is -2.00. The van der Waals surface area contributed by atoms with Crippen molar-refractivity contribution in [3.8, 4) is 0 Å². The van der Waals surface area contributed by atoms with Crippen molar-refractivity contribution in [2.24, 2.45) is 7.05 Å². The first-order valence-electron chi connectivity index (χ1n) is 5.23. The third-order valence-corrected chi connectivity index (χ3v) is 3.16. The van der Waals surface area contributed by atoms with Crippen LogP contribution in [0.3, 0.4) is 0 Å². The lowest BCUT2D eigenvalue weighted by molar-refractivity contribution is 0.775.